The first kappa shape index (κ1) is 84.9. The van der Waals surface area contributed by atoms with Gasteiger partial charge >= 0.3 is 77.3 Å². The standard InChI is InChI=1S/2In.5O.Sn/q2*+3;;4*-2;+2. The average Bonchev–Trinajstić information content (AvgIpc) is 1.00. The van der Waals surface area contributed by atoms with Gasteiger partial charge in [0.25, 0.3) is 0 Å². The quantitative estimate of drug-likeness (QED) is 0.417. The Balaban J connectivity index is -0.000000000333. The van der Waals surface area contributed by atoms with Gasteiger partial charge in [0.05, 0.1) is 0 Å². The monoisotopic (exact) mass is 430 g/mol. The molecule has 0 saturated carbocycles. The van der Waals surface area contributed by atoms with E-state index in [9.17, 15) is 0 Å². The first-order chi connectivity index (χ1) is 1.00. The zero-order valence-electron chi connectivity index (χ0n) is 3.70. The van der Waals surface area contributed by atoms with E-state index in [1.54, 1.807) is 0 Å². The molecule has 0 aromatic carbocycles. The topological polar surface area (TPSA) is 131 Å². The molecule has 0 heterocycles. The van der Waals surface area contributed by atoms with Gasteiger partial charge in [-0.2, -0.15) is 0 Å². The van der Waals surface area contributed by atoms with E-state index in [0.29, 0.717) is 22.5 Å². The van der Waals surface area contributed by atoms with Crippen LogP contribution in [0.2, 0.25) is 0 Å². The van der Waals surface area contributed by atoms with Crippen molar-refractivity contribution >= 4 is 74.2 Å². The normalized spacial score (nSPS) is 0.750. The molecule has 0 atom stereocenters. The van der Waals surface area contributed by atoms with Crippen molar-refractivity contribution in [2.75, 3.05) is 0 Å². The summed E-state index contributed by atoms with van der Waals surface area (Å²) < 4.78 is 8.34. The van der Waals surface area contributed by atoms with Crippen LogP contribution in [-0.2, 0) is 25.0 Å². The van der Waals surface area contributed by atoms with Crippen molar-refractivity contribution in [2.45, 2.75) is 0 Å². The zero-order valence-corrected chi connectivity index (χ0v) is 13.1. The summed E-state index contributed by atoms with van der Waals surface area (Å²) in [6.45, 7) is 0. The van der Waals surface area contributed by atoms with Crippen LogP contribution in [0.5, 0.6) is 0 Å². The summed E-state index contributed by atoms with van der Waals surface area (Å²) in [4.78, 5) is 0. The summed E-state index contributed by atoms with van der Waals surface area (Å²) in [5, 5.41) is 0. The van der Waals surface area contributed by atoms with Crippen LogP contribution in [0.4, 0.5) is 0 Å². The molecule has 0 amide bonds. The fourth-order valence-corrected chi connectivity index (χ4v) is 0. The van der Waals surface area contributed by atoms with Gasteiger partial charge in [0.1, 0.15) is 0 Å². The number of hydrogen-bond donors (Lipinski definition) is 0. The SMILES string of the molecule is [In+3].[In+3].[O-2].[O-2].[O-2].[O-2].[O]=[Sn+2]. The summed E-state index contributed by atoms with van der Waals surface area (Å²) in [6.07, 6.45) is 0. The van der Waals surface area contributed by atoms with E-state index in [-0.39, 0.29) is 73.6 Å². The molecule has 8 heavy (non-hydrogen) atoms. The molecule has 8 heteroatoms. The van der Waals surface area contributed by atoms with Crippen molar-refractivity contribution in [1.29, 1.82) is 0 Å². The molecule has 0 spiro atoms. The first-order valence-corrected chi connectivity index (χ1v) is 1.37. The molecule has 0 aromatic heterocycles. The number of rotatable bonds is 0. The van der Waals surface area contributed by atoms with E-state index in [4.69, 9.17) is 3.08 Å². The van der Waals surface area contributed by atoms with E-state index in [0.717, 1.165) is 0 Å². The second-order valence-electron chi connectivity index (χ2n) is 0. The zero-order chi connectivity index (χ0) is 2.00. The maximum absolute atomic E-state index is 8.34. The van der Waals surface area contributed by atoms with Crippen LogP contribution < -0.4 is 0 Å². The van der Waals surface area contributed by atoms with E-state index in [1.165, 1.54) is 0 Å². The van der Waals surface area contributed by atoms with Crippen LogP contribution in [0.3, 0.4) is 0 Å². The third-order valence-electron chi connectivity index (χ3n) is 0. The van der Waals surface area contributed by atoms with Crippen molar-refractivity contribution in [3.05, 3.63) is 0 Å². The molecule has 0 N–H and O–H groups in total. The average molecular weight is 428 g/mol. The molecule has 0 rings (SSSR count). The van der Waals surface area contributed by atoms with Crippen LogP contribution in [0, 0.1) is 0 Å². The fraction of sp³-hybridized carbons (Fsp3) is 0. The first-order valence-electron chi connectivity index (χ1n) is 0.204. The van der Waals surface area contributed by atoms with Crippen LogP contribution in [0.15, 0.2) is 0 Å². The van der Waals surface area contributed by atoms with Crippen LogP contribution in [0.1, 0.15) is 0 Å². The molecule has 0 aliphatic carbocycles. The van der Waals surface area contributed by atoms with Gasteiger partial charge in [0.2, 0.25) is 0 Å². The van der Waals surface area contributed by atoms with Gasteiger partial charge in [-0.1, -0.05) is 0 Å². The van der Waals surface area contributed by atoms with Crippen LogP contribution in [0.25, 0.3) is 0 Å². The van der Waals surface area contributed by atoms with Gasteiger partial charge in [-0.15, -0.1) is 0 Å². The summed E-state index contributed by atoms with van der Waals surface area (Å²) in [5.74, 6) is 0. The summed E-state index contributed by atoms with van der Waals surface area (Å²) in [6, 6.07) is 0. The minimum absolute atomic E-state index is 0. The van der Waals surface area contributed by atoms with Crippen molar-refractivity contribution in [3.8, 4) is 0 Å². The van der Waals surface area contributed by atoms with Gasteiger partial charge < -0.3 is 21.9 Å². The van der Waals surface area contributed by atoms with E-state index >= 15 is 0 Å². The predicted molar refractivity (Wildman–Crippen MR) is 20.7 cm³/mol. The molecular weight excluding hydrogens is 428 g/mol. The molecule has 0 saturated heterocycles. The summed E-state index contributed by atoms with van der Waals surface area (Å²) >= 11 is 0.300. The molecule has 5 nitrogen and oxygen atoms in total. The molecular formula is In2O5Sn. The van der Waals surface area contributed by atoms with E-state index < -0.39 is 0 Å². The second-order valence-corrected chi connectivity index (χ2v) is 0. The van der Waals surface area contributed by atoms with E-state index in [1.807, 2.05) is 0 Å². The Kier molecular flexibility index (Phi) is 1370. The Morgan fingerprint density at radius 1 is 0.625 bits per heavy atom. The van der Waals surface area contributed by atoms with Gasteiger partial charge in [0.15, 0.2) is 0 Å². The van der Waals surface area contributed by atoms with Crippen molar-refractivity contribution in [1.82, 2.24) is 0 Å². The van der Waals surface area contributed by atoms with Crippen LogP contribution in [-0.4, -0.2) is 74.2 Å². The van der Waals surface area contributed by atoms with Crippen molar-refractivity contribution < 1.29 is 25.0 Å². The van der Waals surface area contributed by atoms with Crippen molar-refractivity contribution in [3.63, 3.8) is 0 Å². The molecule has 0 aliphatic heterocycles. The van der Waals surface area contributed by atoms with Gasteiger partial charge in [0, 0.05) is 0 Å². The van der Waals surface area contributed by atoms with E-state index in [2.05, 4.69) is 0 Å². The molecule has 0 fully saturated rings. The summed E-state index contributed by atoms with van der Waals surface area (Å²) in [7, 11) is 0. The van der Waals surface area contributed by atoms with Crippen molar-refractivity contribution in [2.24, 2.45) is 0 Å². The Morgan fingerprint density at radius 3 is 0.625 bits per heavy atom. The van der Waals surface area contributed by atoms with Gasteiger partial charge in [-0.3, -0.25) is 0 Å². The molecule has 0 aromatic rings. The second kappa shape index (κ2) is 129. The Hall–Kier alpha value is 2.18. The fourth-order valence-electron chi connectivity index (χ4n) is 0. The molecule has 0 unspecified atom stereocenters. The van der Waals surface area contributed by atoms with Gasteiger partial charge in [-0.05, 0) is 0 Å². The minimum atomic E-state index is 0. The third-order valence-corrected chi connectivity index (χ3v) is 0. The Morgan fingerprint density at radius 2 is 0.625 bits per heavy atom. The summed E-state index contributed by atoms with van der Waals surface area (Å²) in [5.41, 5.74) is 0. The Bertz CT molecular complexity index is 10.4. The molecule has 0 radical (unpaired) electrons. The molecule has 0 bridgehead atoms. The number of hydrogen-bond acceptors (Lipinski definition) is 1. The molecule has 0 aliphatic rings. The molecule has 40 valence electrons. The third kappa shape index (κ3) is 88.8. The predicted octanol–water partition coefficient (Wildman–Crippen LogP) is -1.74. The van der Waals surface area contributed by atoms with Crippen LogP contribution >= 0.6 is 0 Å². The van der Waals surface area contributed by atoms with Gasteiger partial charge in [-0.25, -0.2) is 0 Å². The Labute approximate surface area is 97.9 Å². The maximum atomic E-state index is 8.34.